The normalized spacial score (nSPS) is 14.0. The number of rotatable bonds is 6. The van der Waals surface area contributed by atoms with Crippen molar-refractivity contribution in [2.75, 3.05) is 12.3 Å². The van der Waals surface area contributed by atoms with E-state index in [4.69, 9.17) is 5.11 Å². The summed E-state index contributed by atoms with van der Waals surface area (Å²) >= 11 is 1.55. The molecule has 0 saturated heterocycles. The van der Waals surface area contributed by atoms with Crippen LogP contribution in [-0.4, -0.2) is 44.0 Å². The van der Waals surface area contributed by atoms with Crippen molar-refractivity contribution in [3.8, 4) is 0 Å². The third-order valence-electron chi connectivity index (χ3n) is 4.12. The predicted molar refractivity (Wildman–Crippen MR) is 95.4 cm³/mol. The largest absolute Gasteiger partial charge is 0.481 e. The Hall–Kier alpha value is -2.28. The monoisotopic (exact) mass is 359 g/mol. The van der Waals surface area contributed by atoms with Gasteiger partial charge in [-0.3, -0.25) is 14.3 Å². The molecule has 1 aromatic heterocycles. The molecule has 0 fully saturated rings. The first kappa shape index (κ1) is 17.5. The van der Waals surface area contributed by atoms with Crippen LogP contribution in [0.15, 0.2) is 41.3 Å². The third kappa shape index (κ3) is 4.85. The van der Waals surface area contributed by atoms with Crippen molar-refractivity contribution in [3.05, 3.63) is 47.8 Å². The Kier molecular flexibility index (Phi) is 5.75. The molecular weight excluding hydrogens is 338 g/mol. The van der Waals surface area contributed by atoms with Crippen LogP contribution in [0.25, 0.3) is 0 Å². The standard InChI is InChI=1S/C18H21N3O3S/c22-17(13-25-16-5-2-1-3-6-16)20-9-4-10-21-15(12-20)11-14(19-21)7-8-18(23)24/h1-3,5-6,11H,4,7-10,12-13H2,(H,23,24). The number of thioether (sulfide) groups is 1. The number of nitrogens with zero attached hydrogens (tertiary/aromatic N) is 3. The number of carbonyl (C=O) groups is 2. The quantitative estimate of drug-likeness (QED) is 0.802. The van der Waals surface area contributed by atoms with Gasteiger partial charge in [-0.2, -0.15) is 5.10 Å². The molecule has 132 valence electrons. The minimum Gasteiger partial charge on any atom is -0.481 e. The van der Waals surface area contributed by atoms with E-state index < -0.39 is 5.97 Å². The molecule has 25 heavy (non-hydrogen) atoms. The summed E-state index contributed by atoms with van der Waals surface area (Å²) in [5.74, 6) is -0.280. The zero-order valence-electron chi connectivity index (χ0n) is 13.9. The van der Waals surface area contributed by atoms with Gasteiger partial charge in [0.15, 0.2) is 0 Å². The topological polar surface area (TPSA) is 75.4 Å². The molecule has 1 amide bonds. The van der Waals surface area contributed by atoms with Crippen molar-refractivity contribution in [1.82, 2.24) is 14.7 Å². The molecular formula is C18H21N3O3S. The average Bonchev–Trinajstić information content (AvgIpc) is 2.89. The van der Waals surface area contributed by atoms with Crippen molar-refractivity contribution in [3.63, 3.8) is 0 Å². The molecule has 6 nitrogen and oxygen atoms in total. The van der Waals surface area contributed by atoms with Crippen LogP contribution in [0.4, 0.5) is 0 Å². The number of aromatic nitrogens is 2. The van der Waals surface area contributed by atoms with E-state index in [-0.39, 0.29) is 12.3 Å². The second-order valence-corrected chi connectivity index (χ2v) is 7.06. The van der Waals surface area contributed by atoms with Crippen molar-refractivity contribution in [2.45, 2.75) is 37.2 Å². The van der Waals surface area contributed by atoms with Crippen LogP contribution in [0, 0.1) is 0 Å². The number of benzene rings is 1. The van der Waals surface area contributed by atoms with E-state index in [1.807, 2.05) is 46.0 Å². The SMILES string of the molecule is O=C(O)CCc1cc2n(n1)CCCN(C(=O)CSc1ccccc1)C2. The number of carboxylic acids is 1. The van der Waals surface area contributed by atoms with Gasteiger partial charge in [-0.25, -0.2) is 0 Å². The highest BCUT2D eigenvalue weighted by atomic mass is 32.2. The first-order valence-corrected chi connectivity index (χ1v) is 9.33. The maximum atomic E-state index is 12.6. The zero-order chi connectivity index (χ0) is 17.6. The summed E-state index contributed by atoms with van der Waals surface area (Å²) in [5, 5.41) is 13.3. The number of hydrogen-bond donors (Lipinski definition) is 1. The Labute approximate surface area is 150 Å². The van der Waals surface area contributed by atoms with E-state index in [2.05, 4.69) is 5.10 Å². The van der Waals surface area contributed by atoms with Gasteiger partial charge in [0.2, 0.25) is 5.91 Å². The summed E-state index contributed by atoms with van der Waals surface area (Å²) in [6.45, 7) is 2.02. The first-order chi connectivity index (χ1) is 12.1. The summed E-state index contributed by atoms with van der Waals surface area (Å²) in [7, 11) is 0. The fraction of sp³-hybridized carbons (Fsp3) is 0.389. The van der Waals surface area contributed by atoms with Crippen LogP contribution in [0.5, 0.6) is 0 Å². The average molecular weight is 359 g/mol. The van der Waals surface area contributed by atoms with Crippen molar-refractivity contribution >= 4 is 23.6 Å². The molecule has 0 saturated carbocycles. The Morgan fingerprint density at radius 2 is 2.00 bits per heavy atom. The Morgan fingerprint density at radius 1 is 1.20 bits per heavy atom. The van der Waals surface area contributed by atoms with Gasteiger partial charge in [0.05, 0.1) is 30.1 Å². The highest BCUT2D eigenvalue weighted by Crippen LogP contribution is 2.20. The summed E-state index contributed by atoms with van der Waals surface area (Å²) in [4.78, 5) is 26.2. The summed E-state index contributed by atoms with van der Waals surface area (Å²) in [6.07, 6.45) is 1.36. The van der Waals surface area contributed by atoms with Crippen LogP contribution < -0.4 is 0 Å². The number of fused-ring (bicyclic) bond motifs is 1. The van der Waals surface area contributed by atoms with Crippen LogP contribution in [0.3, 0.4) is 0 Å². The highest BCUT2D eigenvalue weighted by Gasteiger charge is 2.20. The zero-order valence-corrected chi connectivity index (χ0v) is 14.7. The Balaban J connectivity index is 1.60. The summed E-state index contributed by atoms with van der Waals surface area (Å²) < 4.78 is 1.91. The lowest BCUT2D eigenvalue weighted by Gasteiger charge is -2.19. The predicted octanol–water partition coefficient (Wildman–Crippen LogP) is 2.42. The number of hydrogen-bond acceptors (Lipinski definition) is 4. The van der Waals surface area contributed by atoms with Gasteiger partial charge < -0.3 is 10.0 Å². The minimum atomic E-state index is -0.821. The molecule has 1 aromatic carbocycles. The molecule has 1 N–H and O–H groups in total. The van der Waals surface area contributed by atoms with Crippen LogP contribution in [0.1, 0.15) is 24.2 Å². The van der Waals surface area contributed by atoms with Gasteiger partial charge >= 0.3 is 5.97 Å². The third-order valence-corrected chi connectivity index (χ3v) is 5.11. The van der Waals surface area contributed by atoms with E-state index >= 15 is 0 Å². The van der Waals surface area contributed by atoms with Crippen molar-refractivity contribution in [2.24, 2.45) is 0 Å². The Morgan fingerprint density at radius 3 is 2.76 bits per heavy atom. The fourth-order valence-electron chi connectivity index (χ4n) is 2.84. The lowest BCUT2D eigenvalue weighted by Crippen LogP contribution is -2.32. The highest BCUT2D eigenvalue weighted by molar-refractivity contribution is 8.00. The van der Waals surface area contributed by atoms with Crippen molar-refractivity contribution in [1.29, 1.82) is 0 Å². The fourth-order valence-corrected chi connectivity index (χ4v) is 3.67. The molecule has 0 radical (unpaired) electrons. The summed E-state index contributed by atoms with van der Waals surface area (Å²) in [5.41, 5.74) is 1.77. The van der Waals surface area contributed by atoms with Gasteiger partial charge in [-0.1, -0.05) is 18.2 Å². The summed E-state index contributed by atoms with van der Waals surface area (Å²) in [6, 6.07) is 11.8. The molecule has 2 aromatic rings. The molecule has 3 rings (SSSR count). The Bertz CT molecular complexity index is 745. The molecule has 0 aliphatic carbocycles. The number of carbonyl (C=O) groups excluding carboxylic acids is 1. The van der Waals surface area contributed by atoms with Gasteiger partial charge in [-0.05, 0) is 24.6 Å². The second kappa shape index (κ2) is 8.20. The molecule has 1 aliphatic heterocycles. The molecule has 0 atom stereocenters. The smallest absolute Gasteiger partial charge is 0.303 e. The van der Waals surface area contributed by atoms with E-state index in [1.54, 1.807) is 11.8 Å². The van der Waals surface area contributed by atoms with E-state index in [9.17, 15) is 9.59 Å². The molecule has 7 heteroatoms. The van der Waals surface area contributed by atoms with Crippen LogP contribution in [-0.2, 0) is 29.1 Å². The van der Waals surface area contributed by atoms with E-state index in [0.29, 0.717) is 18.7 Å². The van der Waals surface area contributed by atoms with E-state index in [1.165, 1.54) is 0 Å². The maximum Gasteiger partial charge on any atom is 0.303 e. The number of aliphatic carboxylic acids is 1. The number of amides is 1. The lowest BCUT2D eigenvalue weighted by molar-refractivity contribution is -0.137. The van der Waals surface area contributed by atoms with Gasteiger partial charge in [0.25, 0.3) is 0 Å². The van der Waals surface area contributed by atoms with Gasteiger partial charge in [-0.15, -0.1) is 11.8 Å². The lowest BCUT2D eigenvalue weighted by atomic mass is 10.2. The molecule has 0 bridgehead atoms. The van der Waals surface area contributed by atoms with Crippen LogP contribution in [0.2, 0.25) is 0 Å². The molecule has 1 aliphatic rings. The molecule has 0 unspecified atom stereocenters. The van der Waals surface area contributed by atoms with Crippen LogP contribution >= 0.6 is 11.8 Å². The number of aryl methyl sites for hydroxylation is 2. The van der Waals surface area contributed by atoms with Gasteiger partial charge in [0, 0.05) is 24.4 Å². The van der Waals surface area contributed by atoms with Crippen molar-refractivity contribution < 1.29 is 14.7 Å². The molecule has 2 heterocycles. The maximum absolute atomic E-state index is 12.6. The second-order valence-electron chi connectivity index (χ2n) is 6.01. The first-order valence-electron chi connectivity index (χ1n) is 8.35. The minimum absolute atomic E-state index is 0.0762. The van der Waals surface area contributed by atoms with Gasteiger partial charge in [0.1, 0.15) is 0 Å². The molecule has 0 spiro atoms. The van der Waals surface area contributed by atoms with E-state index in [0.717, 1.165) is 35.8 Å². The number of carboxylic acid groups (broad SMARTS) is 1.